The number of carbonyl (C=O) groups excluding carboxylic acids is 1. The quantitative estimate of drug-likeness (QED) is 0.602. The molecule has 1 heterocycles. The third-order valence-electron chi connectivity index (χ3n) is 3.65. The van der Waals surface area contributed by atoms with Crippen molar-refractivity contribution in [3.05, 3.63) is 0 Å². The van der Waals surface area contributed by atoms with Gasteiger partial charge in [-0.3, -0.25) is 4.79 Å². The van der Waals surface area contributed by atoms with Gasteiger partial charge in [0.2, 0.25) is 5.91 Å². The van der Waals surface area contributed by atoms with Crippen LogP contribution in [0.1, 0.15) is 26.7 Å². The second-order valence-corrected chi connectivity index (χ2v) is 4.20. The highest BCUT2D eigenvalue weighted by atomic mass is 16.2. The summed E-state index contributed by atoms with van der Waals surface area (Å²) in [6.45, 7) is 5.38. The second kappa shape index (κ2) is 1.99. The Hall–Kier alpha value is -0.530. The van der Waals surface area contributed by atoms with E-state index in [4.69, 9.17) is 0 Å². The standard InChI is InChI=1S/C9H15NO/c1-6(2)9-4-3-7(9)8(11)10-5-9/h6-7H,3-5H2,1-2H3,(H,10,11). The summed E-state index contributed by atoms with van der Waals surface area (Å²) in [5, 5.41) is 2.96. The zero-order chi connectivity index (χ0) is 8.06. The molecule has 1 amide bonds. The maximum Gasteiger partial charge on any atom is 0.223 e. The molecule has 0 aromatic heterocycles. The Labute approximate surface area is 67.4 Å². The van der Waals surface area contributed by atoms with Crippen LogP contribution in [0.25, 0.3) is 0 Å². The predicted molar refractivity (Wildman–Crippen MR) is 43.0 cm³/mol. The average Bonchev–Trinajstić information content (AvgIpc) is 2.04. The number of amides is 1. The minimum absolute atomic E-state index is 0.296. The number of hydrogen-bond donors (Lipinski definition) is 1. The third-order valence-corrected chi connectivity index (χ3v) is 3.65. The van der Waals surface area contributed by atoms with Gasteiger partial charge in [-0.25, -0.2) is 0 Å². The van der Waals surface area contributed by atoms with E-state index < -0.39 is 0 Å². The van der Waals surface area contributed by atoms with Gasteiger partial charge < -0.3 is 5.32 Å². The van der Waals surface area contributed by atoms with E-state index in [9.17, 15) is 4.79 Å². The molecule has 0 bridgehead atoms. The smallest absolute Gasteiger partial charge is 0.223 e. The van der Waals surface area contributed by atoms with Crippen molar-refractivity contribution in [1.82, 2.24) is 5.32 Å². The van der Waals surface area contributed by atoms with Crippen molar-refractivity contribution in [2.45, 2.75) is 26.7 Å². The van der Waals surface area contributed by atoms with Crippen LogP contribution < -0.4 is 5.32 Å². The van der Waals surface area contributed by atoms with Crippen LogP contribution in [-0.2, 0) is 4.79 Å². The molecule has 0 radical (unpaired) electrons. The molecule has 0 spiro atoms. The molecule has 2 heteroatoms. The molecule has 2 aliphatic rings. The maximum atomic E-state index is 11.2. The monoisotopic (exact) mass is 153 g/mol. The van der Waals surface area contributed by atoms with E-state index in [1.807, 2.05) is 0 Å². The van der Waals surface area contributed by atoms with Gasteiger partial charge in [0.15, 0.2) is 0 Å². The first-order valence-electron chi connectivity index (χ1n) is 4.44. The molecule has 1 saturated heterocycles. The summed E-state index contributed by atoms with van der Waals surface area (Å²) in [4.78, 5) is 11.2. The summed E-state index contributed by atoms with van der Waals surface area (Å²) in [7, 11) is 0. The molecule has 2 atom stereocenters. The van der Waals surface area contributed by atoms with Crippen molar-refractivity contribution in [2.75, 3.05) is 6.54 Å². The zero-order valence-electron chi connectivity index (χ0n) is 7.18. The summed E-state index contributed by atoms with van der Waals surface area (Å²) < 4.78 is 0. The first kappa shape index (κ1) is 7.14. The van der Waals surface area contributed by atoms with Gasteiger partial charge in [-0.15, -0.1) is 0 Å². The fraction of sp³-hybridized carbons (Fsp3) is 0.889. The summed E-state index contributed by atoms with van der Waals surface area (Å²) in [6.07, 6.45) is 2.36. The van der Waals surface area contributed by atoms with Gasteiger partial charge in [0, 0.05) is 17.9 Å². The predicted octanol–water partition coefficient (Wildman–Crippen LogP) is 1.17. The third kappa shape index (κ3) is 0.700. The van der Waals surface area contributed by atoms with E-state index in [-0.39, 0.29) is 0 Å². The Morgan fingerprint density at radius 3 is 2.64 bits per heavy atom. The molecule has 0 aromatic carbocycles. The Kier molecular flexibility index (Phi) is 1.29. The molecule has 1 saturated carbocycles. The van der Waals surface area contributed by atoms with Gasteiger partial charge >= 0.3 is 0 Å². The van der Waals surface area contributed by atoms with Crippen LogP contribution in [0.4, 0.5) is 0 Å². The van der Waals surface area contributed by atoms with E-state index in [0.29, 0.717) is 23.2 Å². The van der Waals surface area contributed by atoms with E-state index >= 15 is 0 Å². The highest BCUT2D eigenvalue weighted by Gasteiger charge is 2.56. The summed E-state index contributed by atoms with van der Waals surface area (Å²) in [5.74, 6) is 1.30. The van der Waals surface area contributed by atoms with Gasteiger partial charge in [-0.2, -0.15) is 0 Å². The molecule has 62 valence electrons. The average molecular weight is 153 g/mol. The fourth-order valence-electron chi connectivity index (χ4n) is 2.53. The Morgan fingerprint density at radius 2 is 2.36 bits per heavy atom. The van der Waals surface area contributed by atoms with E-state index in [0.717, 1.165) is 13.0 Å². The number of hydrogen-bond acceptors (Lipinski definition) is 1. The molecule has 11 heavy (non-hydrogen) atoms. The molecule has 2 nitrogen and oxygen atoms in total. The van der Waals surface area contributed by atoms with Gasteiger partial charge in [-0.05, 0) is 18.8 Å². The molecule has 1 aliphatic heterocycles. The Balaban J connectivity index is 2.22. The van der Waals surface area contributed by atoms with Crippen LogP contribution in [0, 0.1) is 17.3 Å². The van der Waals surface area contributed by atoms with E-state index in [1.54, 1.807) is 0 Å². The van der Waals surface area contributed by atoms with Crippen LogP contribution >= 0.6 is 0 Å². The lowest BCUT2D eigenvalue weighted by Crippen LogP contribution is -2.44. The van der Waals surface area contributed by atoms with Crippen molar-refractivity contribution in [1.29, 1.82) is 0 Å². The molecule has 1 aliphatic carbocycles. The molecule has 2 rings (SSSR count). The van der Waals surface area contributed by atoms with Crippen LogP contribution in [0.15, 0.2) is 0 Å². The van der Waals surface area contributed by atoms with Crippen LogP contribution in [0.3, 0.4) is 0 Å². The molecule has 0 aromatic rings. The lowest BCUT2D eigenvalue weighted by atomic mass is 9.56. The fourth-order valence-corrected chi connectivity index (χ4v) is 2.53. The van der Waals surface area contributed by atoms with E-state index in [2.05, 4.69) is 19.2 Å². The summed E-state index contributed by atoms with van der Waals surface area (Å²) in [6, 6.07) is 0. The lowest BCUT2D eigenvalue weighted by molar-refractivity contribution is -0.129. The van der Waals surface area contributed by atoms with Gasteiger partial charge in [0.1, 0.15) is 0 Å². The summed E-state index contributed by atoms with van der Waals surface area (Å²) in [5.41, 5.74) is 0.344. The SMILES string of the molecule is CC(C)C12CCC1C(=O)NC2. The van der Waals surface area contributed by atoms with Crippen molar-refractivity contribution in [3.8, 4) is 0 Å². The van der Waals surface area contributed by atoms with Gasteiger partial charge in [0.25, 0.3) is 0 Å². The Morgan fingerprint density at radius 1 is 1.64 bits per heavy atom. The lowest BCUT2D eigenvalue weighted by Gasteiger charge is -2.45. The zero-order valence-corrected chi connectivity index (χ0v) is 7.18. The molecule has 1 N–H and O–H groups in total. The van der Waals surface area contributed by atoms with Crippen molar-refractivity contribution in [2.24, 2.45) is 17.3 Å². The Bertz CT molecular complexity index is 200. The topological polar surface area (TPSA) is 29.1 Å². The second-order valence-electron chi connectivity index (χ2n) is 4.20. The minimum atomic E-state index is 0.296. The first-order valence-corrected chi connectivity index (χ1v) is 4.44. The minimum Gasteiger partial charge on any atom is -0.355 e. The molecule has 2 unspecified atom stereocenters. The first-order chi connectivity index (χ1) is 5.17. The largest absolute Gasteiger partial charge is 0.355 e. The van der Waals surface area contributed by atoms with Gasteiger partial charge in [0.05, 0.1) is 0 Å². The molecule has 2 fully saturated rings. The van der Waals surface area contributed by atoms with Crippen molar-refractivity contribution < 1.29 is 4.79 Å². The normalized spacial score (nSPS) is 41.7. The van der Waals surface area contributed by atoms with Gasteiger partial charge in [-0.1, -0.05) is 13.8 Å². The van der Waals surface area contributed by atoms with Crippen LogP contribution in [0.2, 0.25) is 0 Å². The summed E-state index contributed by atoms with van der Waals surface area (Å²) >= 11 is 0. The highest BCUT2D eigenvalue weighted by molar-refractivity contribution is 5.83. The van der Waals surface area contributed by atoms with Crippen LogP contribution in [-0.4, -0.2) is 12.5 Å². The number of fused-ring (bicyclic) bond motifs is 1. The highest BCUT2D eigenvalue weighted by Crippen LogP contribution is 2.54. The molecular formula is C9H15NO. The number of nitrogens with one attached hydrogen (secondary N) is 1. The maximum absolute atomic E-state index is 11.2. The van der Waals surface area contributed by atoms with Crippen LogP contribution in [0.5, 0.6) is 0 Å². The van der Waals surface area contributed by atoms with Crippen molar-refractivity contribution >= 4 is 5.91 Å². The number of rotatable bonds is 1. The van der Waals surface area contributed by atoms with E-state index in [1.165, 1.54) is 6.42 Å². The number of carbonyl (C=O) groups is 1. The molecular weight excluding hydrogens is 138 g/mol. The van der Waals surface area contributed by atoms with Crippen molar-refractivity contribution in [3.63, 3.8) is 0 Å².